The maximum atomic E-state index is 11.9. The third-order valence-corrected chi connectivity index (χ3v) is 4.43. The number of alkyl halides is 1. The zero-order chi connectivity index (χ0) is 11.5. The summed E-state index contributed by atoms with van der Waals surface area (Å²) in [6.45, 7) is 3.70. The van der Waals surface area contributed by atoms with E-state index >= 15 is 0 Å². The Bertz CT molecular complexity index is 438. The Morgan fingerprint density at radius 2 is 1.93 bits per heavy atom. The molecule has 0 aliphatic carbocycles. The van der Waals surface area contributed by atoms with Crippen LogP contribution in [0.5, 0.6) is 0 Å². The fraction of sp³-hybridized carbons (Fsp3) is 0.455. The summed E-state index contributed by atoms with van der Waals surface area (Å²) in [6.07, 6.45) is 0.497. The summed E-state index contributed by atoms with van der Waals surface area (Å²) in [6, 6.07) is 5.47. The molecule has 0 heterocycles. The van der Waals surface area contributed by atoms with Gasteiger partial charge in [0.25, 0.3) is 0 Å². The van der Waals surface area contributed by atoms with Gasteiger partial charge in [0.05, 0.1) is 10.6 Å². The number of aryl methyl sites for hydroxylation is 2. The summed E-state index contributed by atoms with van der Waals surface area (Å²) in [5, 5.41) is 0. The van der Waals surface area contributed by atoms with Gasteiger partial charge in [-0.25, -0.2) is 8.42 Å². The van der Waals surface area contributed by atoms with Crippen LogP contribution in [0.2, 0.25) is 0 Å². The Morgan fingerprint density at radius 3 is 2.53 bits per heavy atom. The van der Waals surface area contributed by atoms with Gasteiger partial charge in [0, 0.05) is 5.88 Å². The van der Waals surface area contributed by atoms with Crippen molar-refractivity contribution < 1.29 is 8.42 Å². The summed E-state index contributed by atoms with van der Waals surface area (Å²) in [5.41, 5.74) is 1.76. The van der Waals surface area contributed by atoms with Crippen molar-refractivity contribution in [3.63, 3.8) is 0 Å². The molecule has 0 spiro atoms. The Labute approximate surface area is 96.2 Å². The SMILES string of the molecule is Cc1ccc(C)c(S(=O)(=O)CCCCl)c1. The highest BCUT2D eigenvalue weighted by Crippen LogP contribution is 2.18. The molecule has 0 aliphatic heterocycles. The van der Waals surface area contributed by atoms with E-state index in [1.54, 1.807) is 6.07 Å². The second-order valence-electron chi connectivity index (χ2n) is 3.63. The molecule has 0 aliphatic rings. The minimum Gasteiger partial charge on any atom is -0.224 e. The topological polar surface area (TPSA) is 34.1 Å². The molecule has 0 bridgehead atoms. The van der Waals surface area contributed by atoms with Crippen LogP contribution in [0, 0.1) is 13.8 Å². The van der Waals surface area contributed by atoms with E-state index < -0.39 is 9.84 Å². The van der Waals surface area contributed by atoms with Gasteiger partial charge in [0.1, 0.15) is 0 Å². The van der Waals surface area contributed by atoms with Gasteiger partial charge in [-0.1, -0.05) is 12.1 Å². The standard InChI is InChI=1S/C11H15ClO2S/c1-9-4-5-10(2)11(8-9)15(13,14)7-3-6-12/h4-5,8H,3,6-7H2,1-2H3. The van der Waals surface area contributed by atoms with Crippen LogP contribution in [-0.4, -0.2) is 20.1 Å². The number of hydrogen-bond donors (Lipinski definition) is 0. The first-order chi connectivity index (χ1) is 6.97. The number of benzene rings is 1. The quantitative estimate of drug-likeness (QED) is 0.766. The number of hydrogen-bond acceptors (Lipinski definition) is 2. The van der Waals surface area contributed by atoms with Gasteiger partial charge < -0.3 is 0 Å². The summed E-state index contributed by atoms with van der Waals surface area (Å²) < 4.78 is 23.8. The van der Waals surface area contributed by atoms with E-state index in [1.165, 1.54) is 0 Å². The van der Waals surface area contributed by atoms with Gasteiger partial charge in [-0.05, 0) is 37.5 Å². The fourth-order valence-electron chi connectivity index (χ4n) is 1.40. The van der Waals surface area contributed by atoms with E-state index in [0.717, 1.165) is 11.1 Å². The molecule has 0 saturated carbocycles. The largest absolute Gasteiger partial charge is 0.224 e. The molecule has 4 heteroatoms. The van der Waals surface area contributed by atoms with E-state index in [1.807, 2.05) is 26.0 Å². The van der Waals surface area contributed by atoms with Crippen molar-refractivity contribution in [1.29, 1.82) is 0 Å². The van der Waals surface area contributed by atoms with Crippen LogP contribution in [0.15, 0.2) is 23.1 Å². The van der Waals surface area contributed by atoms with Crippen molar-refractivity contribution in [2.24, 2.45) is 0 Å². The maximum Gasteiger partial charge on any atom is 0.178 e. The van der Waals surface area contributed by atoms with E-state index in [0.29, 0.717) is 17.2 Å². The van der Waals surface area contributed by atoms with Crippen molar-refractivity contribution in [3.8, 4) is 0 Å². The normalized spacial score (nSPS) is 11.7. The second kappa shape index (κ2) is 4.99. The van der Waals surface area contributed by atoms with Gasteiger partial charge in [-0.15, -0.1) is 11.6 Å². The second-order valence-corrected chi connectivity index (χ2v) is 6.09. The van der Waals surface area contributed by atoms with Crippen LogP contribution in [-0.2, 0) is 9.84 Å². The van der Waals surface area contributed by atoms with Gasteiger partial charge >= 0.3 is 0 Å². The number of halogens is 1. The van der Waals surface area contributed by atoms with Crippen LogP contribution < -0.4 is 0 Å². The van der Waals surface area contributed by atoms with Crippen molar-refractivity contribution in [2.75, 3.05) is 11.6 Å². The molecule has 0 amide bonds. The molecule has 15 heavy (non-hydrogen) atoms. The predicted molar refractivity (Wildman–Crippen MR) is 63.3 cm³/mol. The van der Waals surface area contributed by atoms with E-state index in [-0.39, 0.29) is 5.75 Å². The predicted octanol–water partition coefficient (Wildman–Crippen LogP) is 2.71. The van der Waals surface area contributed by atoms with Crippen LogP contribution in [0.25, 0.3) is 0 Å². The Balaban J connectivity index is 3.09. The van der Waals surface area contributed by atoms with Crippen molar-refractivity contribution in [1.82, 2.24) is 0 Å². The zero-order valence-corrected chi connectivity index (χ0v) is 10.5. The van der Waals surface area contributed by atoms with Crippen LogP contribution in [0.1, 0.15) is 17.5 Å². The van der Waals surface area contributed by atoms with Gasteiger partial charge in [-0.2, -0.15) is 0 Å². The zero-order valence-electron chi connectivity index (χ0n) is 8.96. The van der Waals surface area contributed by atoms with E-state index in [4.69, 9.17) is 11.6 Å². The summed E-state index contributed by atoms with van der Waals surface area (Å²) in [4.78, 5) is 0.438. The number of rotatable bonds is 4. The summed E-state index contributed by atoms with van der Waals surface area (Å²) in [5.74, 6) is 0.505. The molecule has 2 nitrogen and oxygen atoms in total. The Morgan fingerprint density at radius 1 is 1.27 bits per heavy atom. The molecule has 0 saturated heterocycles. The molecular weight excluding hydrogens is 232 g/mol. The van der Waals surface area contributed by atoms with Gasteiger partial charge in [0.15, 0.2) is 9.84 Å². The van der Waals surface area contributed by atoms with Crippen molar-refractivity contribution in [2.45, 2.75) is 25.2 Å². The van der Waals surface area contributed by atoms with Crippen LogP contribution in [0.4, 0.5) is 0 Å². The molecule has 0 fully saturated rings. The maximum absolute atomic E-state index is 11.9. The highest BCUT2D eigenvalue weighted by atomic mass is 35.5. The van der Waals surface area contributed by atoms with Gasteiger partial charge in [0.2, 0.25) is 0 Å². The summed E-state index contributed by atoms with van der Waals surface area (Å²) in [7, 11) is -3.16. The highest BCUT2D eigenvalue weighted by Gasteiger charge is 2.16. The lowest BCUT2D eigenvalue weighted by Crippen LogP contribution is -2.09. The molecule has 0 N–H and O–H groups in total. The molecular formula is C11H15ClO2S. The van der Waals surface area contributed by atoms with E-state index in [9.17, 15) is 8.42 Å². The first kappa shape index (κ1) is 12.5. The van der Waals surface area contributed by atoms with Crippen LogP contribution in [0.3, 0.4) is 0 Å². The monoisotopic (exact) mass is 246 g/mol. The molecule has 1 aromatic rings. The highest BCUT2D eigenvalue weighted by molar-refractivity contribution is 7.91. The van der Waals surface area contributed by atoms with E-state index in [2.05, 4.69) is 0 Å². The van der Waals surface area contributed by atoms with Crippen molar-refractivity contribution >= 4 is 21.4 Å². The first-order valence-electron chi connectivity index (χ1n) is 4.83. The fourth-order valence-corrected chi connectivity index (χ4v) is 3.36. The number of sulfone groups is 1. The average molecular weight is 247 g/mol. The van der Waals surface area contributed by atoms with Crippen molar-refractivity contribution in [3.05, 3.63) is 29.3 Å². The summed E-state index contributed by atoms with van der Waals surface area (Å²) >= 11 is 5.50. The van der Waals surface area contributed by atoms with Crippen LogP contribution >= 0.6 is 11.6 Å². The Kier molecular flexibility index (Phi) is 4.17. The molecule has 0 unspecified atom stereocenters. The molecule has 84 valence electrons. The third-order valence-electron chi connectivity index (χ3n) is 2.23. The third kappa shape index (κ3) is 3.21. The molecule has 0 radical (unpaired) electrons. The molecule has 1 aromatic carbocycles. The Hall–Kier alpha value is -0.540. The first-order valence-corrected chi connectivity index (χ1v) is 7.02. The smallest absolute Gasteiger partial charge is 0.178 e. The average Bonchev–Trinajstić information content (AvgIpc) is 2.18. The minimum atomic E-state index is -3.16. The minimum absolute atomic E-state index is 0.126. The molecule has 0 aromatic heterocycles. The lowest BCUT2D eigenvalue weighted by molar-refractivity contribution is 0.594. The molecule has 1 rings (SSSR count). The molecule has 0 atom stereocenters. The lowest BCUT2D eigenvalue weighted by Gasteiger charge is -2.07. The van der Waals surface area contributed by atoms with Gasteiger partial charge in [-0.3, -0.25) is 0 Å². The lowest BCUT2D eigenvalue weighted by atomic mass is 10.2.